The maximum atomic E-state index is 11.4. The second-order valence-electron chi connectivity index (χ2n) is 3.39. The third-order valence-corrected chi connectivity index (χ3v) is 2.58. The van der Waals surface area contributed by atoms with Crippen molar-refractivity contribution in [2.24, 2.45) is 5.73 Å². The molecule has 0 spiro atoms. The van der Waals surface area contributed by atoms with E-state index in [2.05, 4.69) is 0 Å². The van der Waals surface area contributed by atoms with Crippen LogP contribution in [-0.4, -0.2) is 42.6 Å². The molecular formula is C8H14N2O2. The number of hydrogen-bond donors (Lipinski definition) is 1. The number of morpholine rings is 1. The molecule has 0 saturated carbocycles. The lowest BCUT2D eigenvalue weighted by Crippen LogP contribution is -2.42. The molecule has 2 bridgehead atoms. The summed E-state index contributed by atoms with van der Waals surface area (Å²) in [6.07, 6.45) is 1.66. The smallest absolute Gasteiger partial charge is 0.252 e. The van der Waals surface area contributed by atoms with Crippen molar-refractivity contribution in [3.8, 4) is 0 Å². The van der Waals surface area contributed by atoms with E-state index in [1.165, 1.54) is 0 Å². The van der Waals surface area contributed by atoms with E-state index in [1.54, 1.807) is 0 Å². The minimum Gasteiger partial charge on any atom is -0.366 e. The summed E-state index contributed by atoms with van der Waals surface area (Å²) in [7, 11) is 0. The number of amides is 1. The summed E-state index contributed by atoms with van der Waals surface area (Å²) in [6.45, 7) is 2.18. The van der Waals surface area contributed by atoms with E-state index < -0.39 is 0 Å². The summed E-state index contributed by atoms with van der Waals surface area (Å²) in [5.41, 5.74) is 5.38. The molecule has 4 nitrogen and oxygen atoms in total. The molecule has 0 aliphatic carbocycles. The molecule has 0 aromatic rings. The lowest BCUT2D eigenvalue weighted by Gasteiger charge is -2.26. The first-order valence-electron chi connectivity index (χ1n) is 4.45. The Hall–Kier alpha value is -0.610. The van der Waals surface area contributed by atoms with Crippen LogP contribution in [0.1, 0.15) is 12.8 Å². The van der Waals surface area contributed by atoms with Gasteiger partial charge < -0.3 is 15.4 Å². The van der Waals surface area contributed by atoms with Crippen LogP contribution in [0.5, 0.6) is 0 Å². The highest BCUT2D eigenvalue weighted by Gasteiger charge is 2.45. The average molecular weight is 170 g/mol. The zero-order valence-electron chi connectivity index (χ0n) is 7.03. The number of carbonyl (C=O) groups is 1. The van der Waals surface area contributed by atoms with Crippen LogP contribution >= 0.6 is 0 Å². The lowest BCUT2D eigenvalue weighted by atomic mass is 10.2. The van der Waals surface area contributed by atoms with Gasteiger partial charge in [0.1, 0.15) is 6.10 Å². The number of likely N-dealkylation sites (tertiary alicyclic amines) is 1. The number of fused-ring (bicyclic) bond motifs is 2. The normalized spacial score (nSPS) is 33.4. The van der Waals surface area contributed by atoms with Crippen molar-refractivity contribution in [2.45, 2.75) is 25.0 Å². The molecule has 2 fully saturated rings. The minimum absolute atomic E-state index is 0.132. The Labute approximate surface area is 71.7 Å². The van der Waals surface area contributed by atoms with E-state index in [1.807, 2.05) is 4.90 Å². The molecule has 2 saturated heterocycles. The van der Waals surface area contributed by atoms with Gasteiger partial charge in [-0.25, -0.2) is 0 Å². The second-order valence-corrected chi connectivity index (χ2v) is 3.39. The molecule has 12 heavy (non-hydrogen) atoms. The molecule has 2 heterocycles. The molecule has 0 aromatic carbocycles. The van der Waals surface area contributed by atoms with Crippen molar-refractivity contribution in [3.05, 3.63) is 0 Å². The third kappa shape index (κ3) is 1.11. The summed E-state index contributed by atoms with van der Waals surface area (Å²) >= 11 is 0. The zero-order valence-corrected chi connectivity index (χ0v) is 7.03. The highest BCUT2D eigenvalue weighted by atomic mass is 16.5. The Morgan fingerprint density at radius 3 is 3.08 bits per heavy atom. The number of ether oxygens (including phenoxy) is 1. The standard InChI is InChI=1S/C8H14N2O2/c9-2-1-3-10-6-4-7(8(10)11)12-5-6/h6-7H,1-5,9H2. The molecular weight excluding hydrogens is 156 g/mol. The first-order valence-corrected chi connectivity index (χ1v) is 4.45. The van der Waals surface area contributed by atoms with Crippen molar-refractivity contribution >= 4 is 5.91 Å². The molecule has 0 radical (unpaired) electrons. The molecule has 2 aliphatic rings. The fraction of sp³-hybridized carbons (Fsp3) is 0.875. The predicted molar refractivity (Wildman–Crippen MR) is 43.5 cm³/mol. The number of carbonyl (C=O) groups excluding carboxylic acids is 1. The Balaban J connectivity index is 1.94. The average Bonchev–Trinajstić information content (AvgIpc) is 2.62. The molecule has 2 rings (SSSR count). The molecule has 2 unspecified atom stereocenters. The highest BCUT2D eigenvalue weighted by molar-refractivity contribution is 5.84. The van der Waals surface area contributed by atoms with Gasteiger partial charge in [0.15, 0.2) is 0 Å². The fourth-order valence-corrected chi connectivity index (χ4v) is 1.92. The van der Waals surface area contributed by atoms with E-state index in [-0.39, 0.29) is 12.0 Å². The highest BCUT2D eigenvalue weighted by Crippen LogP contribution is 2.28. The van der Waals surface area contributed by atoms with Gasteiger partial charge in [-0.15, -0.1) is 0 Å². The van der Waals surface area contributed by atoms with Crippen LogP contribution in [0.4, 0.5) is 0 Å². The van der Waals surface area contributed by atoms with E-state index in [4.69, 9.17) is 10.5 Å². The number of rotatable bonds is 3. The van der Waals surface area contributed by atoms with Crippen LogP contribution in [0, 0.1) is 0 Å². The maximum Gasteiger partial charge on any atom is 0.252 e. The summed E-state index contributed by atoms with van der Waals surface area (Å²) in [5, 5.41) is 0. The van der Waals surface area contributed by atoms with Crippen LogP contribution in [0.3, 0.4) is 0 Å². The third-order valence-electron chi connectivity index (χ3n) is 2.58. The summed E-state index contributed by atoms with van der Waals surface area (Å²) in [4.78, 5) is 13.4. The molecule has 2 aliphatic heterocycles. The zero-order chi connectivity index (χ0) is 8.55. The Morgan fingerprint density at radius 2 is 2.50 bits per heavy atom. The van der Waals surface area contributed by atoms with Crippen LogP contribution in [0.15, 0.2) is 0 Å². The SMILES string of the molecule is NCCCN1C(=O)C2CC1CO2. The second kappa shape index (κ2) is 3.03. The van der Waals surface area contributed by atoms with Crippen molar-refractivity contribution in [3.63, 3.8) is 0 Å². The fourth-order valence-electron chi connectivity index (χ4n) is 1.92. The number of nitrogens with two attached hydrogens (primary N) is 1. The van der Waals surface area contributed by atoms with E-state index in [0.29, 0.717) is 12.6 Å². The largest absolute Gasteiger partial charge is 0.366 e. The first-order chi connectivity index (χ1) is 5.83. The van der Waals surface area contributed by atoms with E-state index in [9.17, 15) is 4.79 Å². The molecule has 2 atom stereocenters. The van der Waals surface area contributed by atoms with Crippen molar-refractivity contribution in [1.82, 2.24) is 4.90 Å². The topological polar surface area (TPSA) is 55.6 Å². The summed E-state index contributed by atoms with van der Waals surface area (Å²) in [6, 6.07) is 0.342. The van der Waals surface area contributed by atoms with Gasteiger partial charge in [0, 0.05) is 13.0 Å². The van der Waals surface area contributed by atoms with Crippen molar-refractivity contribution < 1.29 is 9.53 Å². The van der Waals surface area contributed by atoms with Crippen LogP contribution < -0.4 is 5.73 Å². The summed E-state index contributed by atoms with van der Waals surface area (Å²) < 4.78 is 5.25. The van der Waals surface area contributed by atoms with Crippen molar-refractivity contribution in [1.29, 1.82) is 0 Å². The van der Waals surface area contributed by atoms with Gasteiger partial charge >= 0.3 is 0 Å². The number of nitrogens with zero attached hydrogens (tertiary/aromatic N) is 1. The Morgan fingerprint density at radius 1 is 1.67 bits per heavy atom. The number of hydrogen-bond acceptors (Lipinski definition) is 3. The Bertz CT molecular complexity index is 195. The quantitative estimate of drug-likeness (QED) is 0.611. The maximum absolute atomic E-state index is 11.4. The first kappa shape index (κ1) is 8.01. The Kier molecular flexibility index (Phi) is 2.02. The lowest BCUT2D eigenvalue weighted by molar-refractivity contribution is -0.143. The van der Waals surface area contributed by atoms with E-state index >= 15 is 0 Å². The van der Waals surface area contributed by atoms with E-state index in [0.717, 1.165) is 26.0 Å². The van der Waals surface area contributed by atoms with Gasteiger partial charge in [-0.2, -0.15) is 0 Å². The van der Waals surface area contributed by atoms with Gasteiger partial charge in [-0.3, -0.25) is 4.79 Å². The van der Waals surface area contributed by atoms with Crippen molar-refractivity contribution in [2.75, 3.05) is 19.7 Å². The predicted octanol–water partition coefficient (Wildman–Crippen LogP) is -0.665. The van der Waals surface area contributed by atoms with Gasteiger partial charge in [0.25, 0.3) is 5.91 Å². The van der Waals surface area contributed by atoms with Crippen LogP contribution in [0.2, 0.25) is 0 Å². The monoisotopic (exact) mass is 170 g/mol. The molecule has 4 heteroatoms. The summed E-state index contributed by atoms with van der Waals surface area (Å²) in [5.74, 6) is 0.166. The molecule has 2 N–H and O–H groups in total. The molecule has 0 aromatic heterocycles. The van der Waals surface area contributed by atoms with Crippen LogP contribution in [-0.2, 0) is 9.53 Å². The van der Waals surface area contributed by atoms with Gasteiger partial charge in [0.2, 0.25) is 0 Å². The molecule has 1 amide bonds. The van der Waals surface area contributed by atoms with Gasteiger partial charge in [-0.05, 0) is 13.0 Å². The van der Waals surface area contributed by atoms with Gasteiger partial charge in [0.05, 0.1) is 12.6 Å². The minimum atomic E-state index is -0.132. The molecule has 68 valence electrons. The van der Waals surface area contributed by atoms with Crippen LogP contribution in [0.25, 0.3) is 0 Å². The van der Waals surface area contributed by atoms with Gasteiger partial charge in [-0.1, -0.05) is 0 Å².